The topological polar surface area (TPSA) is 169 Å². The molecular weight excluding hydrogens is 568 g/mol. The van der Waals surface area contributed by atoms with Crippen LogP contribution in [0.4, 0.5) is 0 Å². The van der Waals surface area contributed by atoms with Crippen LogP contribution in [0, 0.1) is 5.92 Å². The van der Waals surface area contributed by atoms with Crippen LogP contribution in [0.3, 0.4) is 0 Å². The fourth-order valence-corrected chi connectivity index (χ4v) is 7.04. The first kappa shape index (κ1) is 31.9. The summed E-state index contributed by atoms with van der Waals surface area (Å²) in [5, 5.41) is 34.7. The number of sulfonamides is 2. The highest BCUT2D eigenvalue weighted by molar-refractivity contribution is 7.89. The first-order chi connectivity index (χ1) is 19.5. The maximum absolute atomic E-state index is 13.6. The minimum absolute atomic E-state index is 0.0212. The highest BCUT2D eigenvalue weighted by Crippen LogP contribution is 2.21. The summed E-state index contributed by atoms with van der Waals surface area (Å²) in [5.74, 6) is -0.0944. The van der Waals surface area contributed by atoms with Gasteiger partial charge in [-0.1, -0.05) is 78.8 Å². The average Bonchev–Trinajstić information content (AvgIpc) is 2.93. The number of aliphatic hydroxyl groups excluding tert-OH is 1. The first-order valence-electron chi connectivity index (χ1n) is 12.8. The van der Waals surface area contributed by atoms with Crippen molar-refractivity contribution in [3.8, 4) is 0 Å². The van der Waals surface area contributed by atoms with E-state index >= 15 is 0 Å². The Bertz CT molecular complexity index is 1530. The molecule has 3 aromatic rings. The molecular formula is C28H34N4O7S2. The second-order valence-corrected chi connectivity index (χ2v) is 13.5. The molecule has 11 nitrogen and oxygen atoms in total. The summed E-state index contributed by atoms with van der Waals surface area (Å²) >= 11 is 0. The Balaban J connectivity index is 1.93. The van der Waals surface area contributed by atoms with Crippen LogP contribution in [-0.4, -0.2) is 74.3 Å². The number of hydrogen-bond donors (Lipinski definition) is 4. The molecule has 3 aromatic carbocycles. The van der Waals surface area contributed by atoms with Crippen molar-refractivity contribution in [2.75, 3.05) is 13.1 Å². The van der Waals surface area contributed by atoms with Gasteiger partial charge in [-0.3, -0.25) is 0 Å². The van der Waals surface area contributed by atoms with Crippen LogP contribution in [0.2, 0.25) is 0 Å². The molecule has 41 heavy (non-hydrogen) atoms. The van der Waals surface area contributed by atoms with Gasteiger partial charge in [0.1, 0.15) is 0 Å². The minimum atomic E-state index is -4.13. The Hall–Kier alpha value is -3.62. The molecule has 0 amide bonds. The van der Waals surface area contributed by atoms with Crippen molar-refractivity contribution in [2.45, 2.75) is 42.2 Å². The molecule has 2 atom stereocenters. The molecule has 0 spiro atoms. The number of aliphatic hydroxyl groups is 1. The van der Waals surface area contributed by atoms with Gasteiger partial charge in [-0.15, -0.1) is 0 Å². The zero-order chi connectivity index (χ0) is 30.0. The third-order valence-corrected chi connectivity index (χ3v) is 9.50. The van der Waals surface area contributed by atoms with Gasteiger partial charge in [0.05, 0.1) is 34.4 Å². The van der Waals surface area contributed by atoms with Gasteiger partial charge < -0.3 is 15.5 Å². The molecule has 0 saturated carbocycles. The van der Waals surface area contributed by atoms with E-state index in [4.69, 9.17) is 10.4 Å². The second kappa shape index (κ2) is 14.3. The van der Waals surface area contributed by atoms with Gasteiger partial charge in [-0.2, -0.15) is 4.31 Å². The SMILES string of the molecule is CC(C)CN(C[C@@H](O)[C@H](Cc1ccccc1)NS(=O)(=O)c1ccc(C=NO)cc1)S(=O)(=O)c1ccc(C=NO)cc1. The maximum atomic E-state index is 13.6. The largest absolute Gasteiger partial charge is 0.411 e. The van der Waals surface area contributed by atoms with E-state index in [1.54, 1.807) is 24.3 Å². The van der Waals surface area contributed by atoms with E-state index in [0.29, 0.717) is 11.1 Å². The van der Waals surface area contributed by atoms with Gasteiger partial charge in [0.15, 0.2) is 0 Å². The second-order valence-electron chi connectivity index (χ2n) is 9.83. The van der Waals surface area contributed by atoms with E-state index in [2.05, 4.69) is 15.0 Å². The van der Waals surface area contributed by atoms with Crippen molar-refractivity contribution in [1.29, 1.82) is 0 Å². The summed E-state index contributed by atoms with van der Waals surface area (Å²) in [6, 6.07) is 19.2. The Morgan fingerprint density at radius 2 is 1.29 bits per heavy atom. The van der Waals surface area contributed by atoms with E-state index in [9.17, 15) is 21.9 Å². The fraction of sp³-hybridized carbons (Fsp3) is 0.286. The number of benzene rings is 3. The van der Waals surface area contributed by atoms with Crippen LogP contribution >= 0.6 is 0 Å². The Morgan fingerprint density at radius 3 is 1.78 bits per heavy atom. The Kier molecular flexibility index (Phi) is 11.1. The number of hydrogen-bond acceptors (Lipinski definition) is 9. The normalized spacial score (nSPS) is 14.3. The number of rotatable bonds is 14. The molecule has 4 N–H and O–H groups in total. The molecule has 0 unspecified atom stereocenters. The number of nitrogens with zero attached hydrogens (tertiary/aromatic N) is 3. The van der Waals surface area contributed by atoms with Gasteiger partial charge in [0, 0.05) is 13.1 Å². The van der Waals surface area contributed by atoms with Crippen molar-refractivity contribution in [2.24, 2.45) is 16.2 Å². The lowest BCUT2D eigenvalue weighted by Crippen LogP contribution is -2.51. The predicted molar refractivity (Wildman–Crippen MR) is 156 cm³/mol. The molecule has 220 valence electrons. The summed E-state index contributed by atoms with van der Waals surface area (Å²) in [6.45, 7) is 3.39. The Labute approximate surface area is 240 Å². The molecule has 13 heteroatoms. The fourth-order valence-electron chi connectivity index (χ4n) is 4.15. The van der Waals surface area contributed by atoms with Gasteiger partial charge in [0.2, 0.25) is 20.0 Å². The molecule has 0 bridgehead atoms. The summed E-state index contributed by atoms with van der Waals surface area (Å²) in [6.07, 6.45) is 1.00. The lowest BCUT2D eigenvalue weighted by molar-refractivity contribution is 0.110. The molecule has 0 radical (unpaired) electrons. The van der Waals surface area contributed by atoms with E-state index in [0.717, 1.165) is 16.1 Å². The maximum Gasteiger partial charge on any atom is 0.243 e. The summed E-state index contributed by atoms with van der Waals surface area (Å²) < 4.78 is 57.5. The molecule has 0 fully saturated rings. The lowest BCUT2D eigenvalue weighted by Gasteiger charge is -2.30. The average molecular weight is 603 g/mol. The molecule has 3 rings (SSSR count). The molecule has 0 saturated heterocycles. The zero-order valence-corrected chi connectivity index (χ0v) is 24.3. The van der Waals surface area contributed by atoms with Crippen LogP contribution in [0.15, 0.2) is 99.0 Å². The van der Waals surface area contributed by atoms with E-state index < -0.39 is 32.2 Å². The molecule has 0 aliphatic rings. The standard InChI is InChI=1S/C28H34N4O7S2/c1-21(2)19-32(41(38,39)26-14-10-24(11-15-26)18-30-35)20-28(33)27(16-22-6-4-3-5-7-22)31-40(36,37)25-12-8-23(9-13-25)17-29-34/h3-15,17-18,21,27-28,31,33-35H,16,19-20H2,1-2H3/t27-,28+/m0/s1. The van der Waals surface area contributed by atoms with Gasteiger partial charge in [0.25, 0.3) is 0 Å². The number of nitrogens with one attached hydrogen (secondary N) is 1. The minimum Gasteiger partial charge on any atom is -0.411 e. The Morgan fingerprint density at radius 1 is 0.780 bits per heavy atom. The zero-order valence-electron chi connectivity index (χ0n) is 22.6. The molecule has 0 heterocycles. The summed E-state index contributed by atoms with van der Waals surface area (Å²) in [7, 11) is -8.21. The van der Waals surface area contributed by atoms with Crippen LogP contribution in [0.1, 0.15) is 30.5 Å². The highest BCUT2D eigenvalue weighted by Gasteiger charge is 2.32. The molecule has 0 aliphatic carbocycles. The van der Waals surface area contributed by atoms with Crippen molar-refractivity contribution in [1.82, 2.24) is 9.03 Å². The monoisotopic (exact) mass is 602 g/mol. The summed E-state index contributed by atoms with van der Waals surface area (Å²) in [5.41, 5.74) is 1.72. The summed E-state index contributed by atoms with van der Waals surface area (Å²) in [4.78, 5) is -0.0943. The smallest absolute Gasteiger partial charge is 0.243 e. The van der Waals surface area contributed by atoms with Gasteiger partial charge in [-0.05, 0) is 53.3 Å². The van der Waals surface area contributed by atoms with Crippen LogP contribution in [0.5, 0.6) is 0 Å². The van der Waals surface area contributed by atoms with Crippen molar-refractivity contribution in [3.63, 3.8) is 0 Å². The van der Waals surface area contributed by atoms with Crippen LogP contribution in [-0.2, 0) is 26.5 Å². The third-order valence-electron chi connectivity index (χ3n) is 6.15. The molecule has 0 aromatic heterocycles. The van der Waals surface area contributed by atoms with Crippen LogP contribution in [0.25, 0.3) is 0 Å². The lowest BCUT2D eigenvalue weighted by atomic mass is 10.0. The third kappa shape index (κ3) is 8.93. The van der Waals surface area contributed by atoms with Crippen LogP contribution < -0.4 is 4.72 Å². The predicted octanol–water partition coefficient (Wildman–Crippen LogP) is 2.90. The number of oxime groups is 2. The van der Waals surface area contributed by atoms with Crippen molar-refractivity contribution < 1.29 is 32.4 Å². The first-order valence-corrected chi connectivity index (χ1v) is 15.7. The van der Waals surface area contributed by atoms with E-state index in [1.165, 1.54) is 54.7 Å². The van der Waals surface area contributed by atoms with Gasteiger partial charge >= 0.3 is 0 Å². The van der Waals surface area contributed by atoms with Crippen molar-refractivity contribution >= 4 is 32.5 Å². The molecule has 0 aliphatic heterocycles. The van der Waals surface area contributed by atoms with E-state index in [1.807, 2.05) is 19.9 Å². The highest BCUT2D eigenvalue weighted by atomic mass is 32.2. The quantitative estimate of drug-likeness (QED) is 0.125. The van der Waals surface area contributed by atoms with Crippen molar-refractivity contribution in [3.05, 3.63) is 95.6 Å². The van der Waals surface area contributed by atoms with Gasteiger partial charge in [-0.25, -0.2) is 21.6 Å². The van der Waals surface area contributed by atoms with E-state index in [-0.39, 0.29) is 35.2 Å².